The molecule has 6 heterocycles. The molecule has 9 rings (SSSR count). The zero-order valence-corrected chi connectivity index (χ0v) is 57.2. The number of likely N-dealkylation sites (N-methyl/N-ethyl adjacent to an activating group) is 1. The highest BCUT2D eigenvalue weighted by Crippen LogP contribution is 2.40. The van der Waals surface area contributed by atoms with Gasteiger partial charge >= 0.3 is 0 Å². The molecule has 9 aliphatic rings. The fourth-order valence-electron chi connectivity index (χ4n) is 14.5. The maximum atomic E-state index is 12.8. The van der Waals surface area contributed by atoms with Crippen LogP contribution in [0, 0.1) is 17.8 Å². The minimum Gasteiger partial charge on any atom is -0.394 e. The maximum Gasteiger partial charge on any atom is 0.246 e. The molecule has 0 aromatic carbocycles. The Morgan fingerprint density at radius 2 is 0.910 bits per heavy atom. The predicted molar refractivity (Wildman–Crippen MR) is 346 cm³/mol. The molecule has 41 heteroatoms. The Kier molecular flexibility index (Phi) is 31.9. The van der Waals surface area contributed by atoms with Gasteiger partial charge in [-0.25, -0.2) is 13.5 Å². The van der Waals surface area contributed by atoms with Crippen molar-refractivity contribution in [3.8, 4) is 0 Å². The number of aliphatic hydroxyl groups excluding tert-OH is 10. The highest BCUT2D eigenvalue weighted by atomic mass is 32.2. The Morgan fingerprint density at radius 1 is 0.480 bits per heavy atom. The molecule has 6 aliphatic heterocycles. The van der Waals surface area contributed by atoms with E-state index < -0.39 is 230 Å². The molecule has 34 atom stereocenters. The summed E-state index contributed by atoms with van der Waals surface area (Å²) in [5, 5.41) is 125. The minimum absolute atomic E-state index is 0.0161. The second-order valence-corrected chi connectivity index (χ2v) is 30.2. The number of sulfone groups is 1. The molecule has 0 unspecified atom stereocenters. The Bertz CT molecular complexity index is 2570. The maximum absolute atomic E-state index is 12.8. The summed E-state index contributed by atoms with van der Waals surface area (Å²) in [6.45, 7) is 0.0566. The summed E-state index contributed by atoms with van der Waals surface area (Å²) < 4.78 is 97.7. The van der Waals surface area contributed by atoms with E-state index in [1.165, 1.54) is 0 Å². The summed E-state index contributed by atoms with van der Waals surface area (Å²) in [5.74, 6) is -2.63. The molecule has 0 spiro atoms. The molecule has 0 bridgehead atoms. The predicted octanol–water partition coefficient (Wildman–Crippen LogP) is -13.5. The zero-order chi connectivity index (χ0) is 73.2. The lowest BCUT2D eigenvalue weighted by Gasteiger charge is -2.46. The molecule has 6 saturated heterocycles. The molecule has 35 N–H and O–H groups in total. The number of nitrogens with zero attached hydrogens (tertiary/aromatic N) is 1. The van der Waals surface area contributed by atoms with E-state index >= 15 is 0 Å². The number of nitrogens with one attached hydrogen (secondary N) is 2. The van der Waals surface area contributed by atoms with Gasteiger partial charge in [0, 0.05) is 69.7 Å². The number of hydrogen-bond donors (Lipinski definition) is 24. The number of hydrogen-bond acceptors (Lipinski definition) is 39. The minimum atomic E-state index is -3.69. The lowest BCUT2D eigenvalue weighted by atomic mass is 9.77. The lowest BCUT2D eigenvalue weighted by molar-refractivity contribution is -0.292. The number of carbonyl (C=O) groups is 1. The van der Waals surface area contributed by atoms with Crippen LogP contribution in [-0.4, -0.2) is 362 Å². The van der Waals surface area contributed by atoms with Crippen molar-refractivity contribution in [2.75, 3.05) is 84.1 Å². The van der Waals surface area contributed by atoms with Gasteiger partial charge in [-0.05, 0) is 76.8 Å². The van der Waals surface area contributed by atoms with Crippen molar-refractivity contribution in [1.29, 1.82) is 0 Å². The summed E-state index contributed by atoms with van der Waals surface area (Å²) in [6.07, 6.45) is -27.7. The molecular weight excluding hydrogens is 1350 g/mol. The Hall–Kier alpha value is -2.02. The van der Waals surface area contributed by atoms with Crippen LogP contribution in [0.3, 0.4) is 0 Å². The van der Waals surface area contributed by atoms with Gasteiger partial charge in [-0.15, -0.1) is 0 Å². The van der Waals surface area contributed by atoms with Crippen LogP contribution in [-0.2, 0) is 71.5 Å². The molecule has 3 aliphatic carbocycles. The number of nitrogens with two attached hydrogens (primary N) is 11. The number of carbonyl (C=O) groups excluding carboxylic acids is 1. The molecule has 1 amide bonds. The van der Waals surface area contributed by atoms with E-state index in [9.17, 15) is 69.5 Å². The third kappa shape index (κ3) is 20.6. The molecular formula is C59H116N14O26S. The number of hydroxylamine groups is 2. The lowest BCUT2D eigenvalue weighted by Crippen LogP contribution is -2.64. The second kappa shape index (κ2) is 38.2. The quantitative estimate of drug-likeness (QED) is 0.0235. The monoisotopic (exact) mass is 1470 g/mol. The summed E-state index contributed by atoms with van der Waals surface area (Å²) in [7, 11) is -1.90. The molecule has 0 aromatic rings. The van der Waals surface area contributed by atoms with E-state index in [2.05, 4.69) is 10.6 Å². The SMILES string of the molecule is CNC[C@@H]1CC[C@@H](N)[C@@H](O[C@H]2[C@H](O[C@@H]3O[C@H](CO)[C@@H](O[C@H]4O[C@@H](CN)[C@@H](O)[C@H](O)[C@H]4N)[C@H]3O)[C@@H](O)[C@H](CC(=O)N(O)CCN)C[C@@H]2N)O1.NCCS(=O)(=O)C[C@@H]1C[C@H](N)[C@@H](O[C@H]2O[C@H](CNCC3CC(N)C3)CC[C@H]2N)[C@H](O[C@@H]2O[C@H](CO)[C@@H](O[C@H]3O[C@@H](CN)[C@@H](O)[C@H](O)[C@H]3N)[C@H]2O)[C@H]1O. The van der Waals surface area contributed by atoms with Gasteiger partial charge in [-0.1, -0.05) is 0 Å². The number of rotatable bonds is 30. The number of ether oxygens (including phenoxy) is 12. The van der Waals surface area contributed by atoms with Crippen LogP contribution in [0.15, 0.2) is 0 Å². The van der Waals surface area contributed by atoms with Gasteiger partial charge in [-0.2, -0.15) is 0 Å². The smallest absolute Gasteiger partial charge is 0.246 e. The third-order valence-corrected chi connectivity index (χ3v) is 22.2. The van der Waals surface area contributed by atoms with Crippen LogP contribution in [0.2, 0.25) is 0 Å². The first-order valence-electron chi connectivity index (χ1n) is 34.7. The van der Waals surface area contributed by atoms with Gasteiger partial charge in [0.15, 0.2) is 47.6 Å². The standard InChI is InChI=1S/C31H61N7O13S.C28H55N7O13/c32-3-4-52(44,45)12-14-7-18(36)26(49-29-17(35)2-1-16(46-29)10-38-9-13-5-15(34)6-13)28(22(14)40)51-31-25(43)27(20(11-39)48-31)50-30-21(37)24(42)23(41)19(8-33)47-30;1-34-9-12-2-3-13(31)26(43-12)46-23-14(32)6-11(7-17(37)35(42)5-4-29)19(38)25(23)48-28-22(41)24(16(10-36)45-28)47-27-18(33)21(40)20(39)15(8-30)44-27/h13-31,38-43H,1-12,32-37H2;11-16,18-28,34,36,38-42H,2-10,29-33H2,1H3/t13?,14-,15?,16-,17+,18-,19-,20+,21+,22-,23+,24+,25+,26+,27+,28+,29+,30+,31-;11-,12-,13+,14-,15-,16+,18+,19-,20+,21+,22+,23+,24+,25+,26+,27+,28-/m00/s1. The van der Waals surface area contributed by atoms with Gasteiger partial charge in [0.25, 0.3) is 0 Å². The van der Waals surface area contributed by atoms with E-state index in [1.54, 1.807) is 7.05 Å². The van der Waals surface area contributed by atoms with Crippen molar-refractivity contribution in [2.45, 2.75) is 260 Å². The van der Waals surface area contributed by atoms with Gasteiger partial charge in [0.1, 0.15) is 97.7 Å². The normalized spacial score (nSPS) is 46.4. The molecule has 0 aromatic heterocycles. The third-order valence-electron chi connectivity index (χ3n) is 20.4. The average molecular weight is 1470 g/mol. The topological polar surface area (TPSA) is 698 Å². The first-order valence-corrected chi connectivity index (χ1v) is 36.5. The first kappa shape index (κ1) is 83.6. The Balaban J connectivity index is 0.000000255. The fraction of sp³-hybridized carbons (Fsp3) is 0.983. The number of aliphatic hydroxyl groups is 10. The van der Waals surface area contributed by atoms with Crippen molar-refractivity contribution < 1.29 is 126 Å². The van der Waals surface area contributed by atoms with Crippen LogP contribution in [0.1, 0.15) is 57.8 Å². The fourth-order valence-corrected chi connectivity index (χ4v) is 16.1. The molecule has 584 valence electrons. The largest absolute Gasteiger partial charge is 0.394 e. The van der Waals surface area contributed by atoms with Gasteiger partial charge in [0.2, 0.25) is 5.91 Å². The van der Waals surface area contributed by atoms with E-state index in [1.807, 2.05) is 0 Å². The van der Waals surface area contributed by atoms with Gasteiger partial charge in [0.05, 0.1) is 79.8 Å². The van der Waals surface area contributed by atoms with Crippen LogP contribution in [0.4, 0.5) is 0 Å². The van der Waals surface area contributed by atoms with E-state index in [4.69, 9.17) is 120 Å². The van der Waals surface area contributed by atoms with Crippen LogP contribution >= 0.6 is 0 Å². The second-order valence-electron chi connectivity index (χ2n) is 28.0. The summed E-state index contributed by atoms with van der Waals surface area (Å²) in [4.78, 5) is 12.7. The van der Waals surface area contributed by atoms with Crippen LogP contribution in [0.5, 0.6) is 0 Å². The van der Waals surface area contributed by atoms with E-state index in [0.717, 1.165) is 19.4 Å². The van der Waals surface area contributed by atoms with Crippen LogP contribution < -0.4 is 73.7 Å². The van der Waals surface area contributed by atoms with E-state index in [0.29, 0.717) is 49.8 Å². The highest BCUT2D eigenvalue weighted by molar-refractivity contribution is 7.91. The Morgan fingerprint density at radius 3 is 1.34 bits per heavy atom. The summed E-state index contributed by atoms with van der Waals surface area (Å²) >= 11 is 0. The first-order chi connectivity index (χ1) is 47.5. The van der Waals surface area contributed by atoms with Crippen molar-refractivity contribution in [3.05, 3.63) is 0 Å². The summed E-state index contributed by atoms with van der Waals surface area (Å²) in [6, 6.07) is -5.06. The summed E-state index contributed by atoms with van der Waals surface area (Å²) in [5.41, 5.74) is 66.3. The van der Waals surface area contributed by atoms with Crippen molar-refractivity contribution in [2.24, 2.45) is 80.8 Å². The molecule has 40 nitrogen and oxygen atoms in total. The molecule has 0 radical (unpaired) electrons. The van der Waals surface area contributed by atoms with Crippen molar-refractivity contribution in [3.63, 3.8) is 0 Å². The van der Waals surface area contributed by atoms with Gasteiger partial charge < -0.3 is 182 Å². The van der Waals surface area contributed by atoms with Crippen molar-refractivity contribution >= 4 is 15.7 Å². The zero-order valence-electron chi connectivity index (χ0n) is 56.4. The Labute approximate surface area is 580 Å². The van der Waals surface area contributed by atoms with Crippen LogP contribution in [0.25, 0.3) is 0 Å². The van der Waals surface area contributed by atoms with Gasteiger partial charge in [-0.3, -0.25) is 10.0 Å². The van der Waals surface area contributed by atoms with Crippen molar-refractivity contribution in [1.82, 2.24) is 15.7 Å². The average Bonchev–Trinajstić information content (AvgIpc) is 1.57. The number of amides is 1. The highest BCUT2D eigenvalue weighted by Gasteiger charge is 2.57. The molecule has 9 fully saturated rings. The molecule has 100 heavy (non-hydrogen) atoms. The van der Waals surface area contributed by atoms with E-state index in [-0.39, 0.29) is 76.0 Å². The molecule has 3 saturated carbocycles.